The van der Waals surface area contributed by atoms with Gasteiger partial charge in [0.25, 0.3) is 0 Å². The van der Waals surface area contributed by atoms with Gasteiger partial charge in [0, 0.05) is 25.6 Å². The lowest BCUT2D eigenvalue weighted by Gasteiger charge is -2.48. The Bertz CT molecular complexity index is 1690. The summed E-state index contributed by atoms with van der Waals surface area (Å²) < 4.78 is 132. The molecular weight excluding hydrogens is 707 g/mol. The molecule has 0 amide bonds. The van der Waals surface area contributed by atoms with Gasteiger partial charge in [-0.3, -0.25) is 4.79 Å². The van der Waals surface area contributed by atoms with Gasteiger partial charge in [0.1, 0.15) is 11.6 Å². The number of tetrazole rings is 1. The van der Waals surface area contributed by atoms with E-state index in [2.05, 4.69) is 15.4 Å². The van der Waals surface area contributed by atoms with E-state index in [1.807, 2.05) is 11.8 Å². The molecule has 2 heterocycles. The second-order valence-electron chi connectivity index (χ2n) is 14.6. The van der Waals surface area contributed by atoms with Gasteiger partial charge in [-0.1, -0.05) is 6.92 Å². The molecule has 0 saturated heterocycles. The van der Waals surface area contributed by atoms with Crippen LogP contribution in [0.1, 0.15) is 100 Å². The zero-order valence-corrected chi connectivity index (χ0v) is 29.3. The number of anilines is 2. The lowest BCUT2D eigenvalue weighted by molar-refractivity contribution is -0.156. The first kappa shape index (κ1) is 39.2. The highest BCUT2D eigenvalue weighted by Gasteiger charge is 2.43. The van der Waals surface area contributed by atoms with Crippen LogP contribution >= 0.6 is 0 Å². The maximum atomic E-state index is 14.2. The molecule has 5 rings (SSSR count). The summed E-state index contributed by atoms with van der Waals surface area (Å²) in [6, 6.07) is 2.20. The van der Waals surface area contributed by atoms with Crippen LogP contribution in [0.25, 0.3) is 0 Å². The van der Waals surface area contributed by atoms with Gasteiger partial charge in [-0.05, 0) is 112 Å². The normalized spacial score (nSPS) is 20.8. The molecule has 2 unspecified atom stereocenters. The van der Waals surface area contributed by atoms with E-state index >= 15 is 0 Å². The number of fused-ring (bicyclic) bond motifs is 1. The van der Waals surface area contributed by atoms with Crippen LogP contribution in [0, 0.1) is 11.8 Å². The number of benzene rings is 2. The molecule has 0 N–H and O–H groups in total. The Morgan fingerprint density at radius 1 is 0.827 bits per heavy atom. The van der Waals surface area contributed by atoms with Crippen LogP contribution in [-0.2, 0) is 35.1 Å². The third-order valence-electron chi connectivity index (χ3n) is 9.54. The number of ether oxygens (including phenoxy) is 1. The quantitative estimate of drug-likeness (QED) is 0.168. The Labute approximate surface area is 295 Å². The van der Waals surface area contributed by atoms with Gasteiger partial charge < -0.3 is 14.5 Å². The largest absolute Gasteiger partial charge is 0.460 e. The van der Waals surface area contributed by atoms with Crippen molar-refractivity contribution in [3.8, 4) is 0 Å². The highest BCUT2D eigenvalue weighted by Crippen LogP contribution is 2.47. The van der Waals surface area contributed by atoms with Crippen LogP contribution in [0.15, 0.2) is 36.4 Å². The first-order valence-electron chi connectivity index (χ1n) is 17.0. The van der Waals surface area contributed by atoms with Crippen LogP contribution in [0.5, 0.6) is 0 Å². The predicted molar refractivity (Wildman–Crippen MR) is 173 cm³/mol. The average Bonchev–Trinajstić information content (AvgIpc) is 3.45. The molecular formula is C35H41F9N6O2. The summed E-state index contributed by atoms with van der Waals surface area (Å²) >= 11 is 0. The van der Waals surface area contributed by atoms with Crippen LogP contribution in [0.2, 0.25) is 0 Å². The average molecular weight is 749 g/mol. The highest BCUT2D eigenvalue weighted by molar-refractivity contribution is 5.76. The molecule has 286 valence electrons. The molecule has 1 aromatic heterocycles. The van der Waals surface area contributed by atoms with E-state index in [4.69, 9.17) is 4.74 Å². The van der Waals surface area contributed by atoms with Crippen molar-refractivity contribution in [3.63, 3.8) is 0 Å². The number of alkyl halides is 9. The smallest absolute Gasteiger partial charge is 0.416 e. The Hall–Kier alpha value is -4.05. The topological polar surface area (TPSA) is 76.4 Å². The molecule has 0 radical (unpaired) electrons. The summed E-state index contributed by atoms with van der Waals surface area (Å²) in [4.78, 5) is 16.7. The fourth-order valence-electron chi connectivity index (χ4n) is 7.16. The predicted octanol–water partition coefficient (Wildman–Crippen LogP) is 9.00. The minimum Gasteiger partial charge on any atom is -0.460 e. The molecule has 17 heteroatoms. The fourth-order valence-corrected chi connectivity index (χ4v) is 7.16. The molecule has 0 bridgehead atoms. The molecule has 1 fully saturated rings. The first-order valence-corrected chi connectivity index (χ1v) is 17.0. The van der Waals surface area contributed by atoms with E-state index in [0.717, 1.165) is 42.6 Å². The van der Waals surface area contributed by atoms with Gasteiger partial charge in [0.2, 0.25) is 5.82 Å². The maximum Gasteiger partial charge on any atom is 0.416 e. The summed E-state index contributed by atoms with van der Waals surface area (Å²) in [5, 5.41) is 11.8. The van der Waals surface area contributed by atoms with Gasteiger partial charge in [-0.25, -0.2) is 0 Å². The Balaban J connectivity index is 1.56. The van der Waals surface area contributed by atoms with E-state index < -0.39 is 58.5 Å². The lowest BCUT2D eigenvalue weighted by Crippen LogP contribution is -2.52. The molecule has 1 aliphatic heterocycles. The Morgan fingerprint density at radius 3 is 1.90 bits per heavy atom. The van der Waals surface area contributed by atoms with Crippen LogP contribution < -0.4 is 9.80 Å². The number of halogens is 9. The number of aromatic nitrogens is 4. The van der Waals surface area contributed by atoms with Crippen molar-refractivity contribution in [2.45, 2.75) is 102 Å². The maximum absolute atomic E-state index is 14.2. The van der Waals surface area contributed by atoms with E-state index in [0.29, 0.717) is 30.8 Å². The van der Waals surface area contributed by atoms with Crippen molar-refractivity contribution in [2.24, 2.45) is 18.9 Å². The Kier molecular flexibility index (Phi) is 10.9. The number of carbonyl (C=O) groups excluding carboxylic acids is 1. The Morgan fingerprint density at radius 2 is 1.40 bits per heavy atom. The number of rotatable bonds is 8. The monoisotopic (exact) mass is 748 g/mol. The number of nitrogens with zero attached hydrogens (tertiary/aromatic N) is 6. The number of hydrogen-bond donors (Lipinski definition) is 0. The van der Waals surface area contributed by atoms with Gasteiger partial charge in [0.05, 0.1) is 35.1 Å². The fraction of sp³-hybridized carbons (Fsp3) is 0.600. The molecule has 1 aliphatic carbocycles. The van der Waals surface area contributed by atoms with Crippen molar-refractivity contribution in [3.05, 3.63) is 64.5 Å². The molecule has 2 atom stereocenters. The van der Waals surface area contributed by atoms with Crippen LogP contribution in [0.3, 0.4) is 0 Å². The van der Waals surface area contributed by atoms with Gasteiger partial charge in [-0.15, -0.1) is 10.2 Å². The van der Waals surface area contributed by atoms with E-state index in [-0.39, 0.29) is 48.3 Å². The molecule has 0 spiro atoms. The van der Waals surface area contributed by atoms with Crippen LogP contribution in [-0.4, -0.2) is 50.9 Å². The van der Waals surface area contributed by atoms with Crippen molar-refractivity contribution < 1.29 is 49.0 Å². The summed E-state index contributed by atoms with van der Waals surface area (Å²) in [5.74, 6) is -0.325. The number of carbonyl (C=O) groups is 1. The van der Waals surface area contributed by atoms with E-state index in [9.17, 15) is 44.3 Å². The summed E-state index contributed by atoms with van der Waals surface area (Å²) in [6.45, 7) is 7.62. The van der Waals surface area contributed by atoms with Crippen molar-refractivity contribution in [2.75, 3.05) is 22.9 Å². The number of aryl methyl sites for hydroxylation is 1. The van der Waals surface area contributed by atoms with E-state index in [1.165, 1.54) is 18.0 Å². The van der Waals surface area contributed by atoms with Gasteiger partial charge in [-0.2, -0.15) is 44.3 Å². The third kappa shape index (κ3) is 9.11. The minimum atomic E-state index is -5.17. The number of esters is 1. The highest BCUT2D eigenvalue weighted by atomic mass is 19.4. The van der Waals surface area contributed by atoms with Gasteiger partial charge >= 0.3 is 24.5 Å². The van der Waals surface area contributed by atoms with Crippen molar-refractivity contribution in [1.82, 2.24) is 20.2 Å². The van der Waals surface area contributed by atoms with Crippen molar-refractivity contribution in [1.29, 1.82) is 0 Å². The summed E-state index contributed by atoms with van der Waals surface area (Å²) in [7, 11) is 1.35. The van der Waals surface area contributed by atoms with E-state index in [1.54, 1.807) is 20.8 Å². The first-order chi connectivity index (χ1) is 24.0. The standard InChI is InChI=1S/C35H41F9N6O2/c1-6-26-19-50(30(31-45-47-48(5)46-31)22-14-24(34(39,40)41)16-25(15-22)35(42,43)44)28-17-23(33(36,37)38)11-12-27(28)49(26)18-21-9-7-20(8-10-21)13-29(51)52-32(2,3)4/h11-12,14-17,20-21,26,30H,6-10,13,18-19H2,1-5H3/t20-,21-,26?,30?. The summed E-state index contributed by atoms with van der Waals surface area (Å²) in [5.41, 5.74) is -5.01. The SMILES string of the molecule is CCC1CN(C(c2cc(C(F)(F)F)cc(C(F)(F)F)c2)c2nnn(C)n2)c2cc(C(F)(F)F)ccc2N1C[C@H]1CC[C@H](CC(=O)OC(C)(C)C)CC1. The zero-order chi connectivity index (χ0) is 38.4. The molecule has 2 aliphatic rings. The zero-order valence-electron chi connectivity index (χ0n) is 29.3. The molecule has 2 aromatic carbocycles. The lowest BCUT2D eigenvalue weighted by atomic mass is 9.80. The molecule has 1 saturated carbocycles. The molecule has 8 nitrogen and oxygen atoms in total. The van der Waals surface area contributed by atoms with Crippen molar-refractivity contribution >= 4 is 17.3 Å². The second kappa shape index (κ2) is 14.4. The minimum absolute atomic E-state index is 0.00457. The third-order valence-corrected chi connectivity index (χ3v) is 9.54. The summed E-state index contributed by atoms with van der Waals surface area (Å²) in [6.07, 6.45) is -11.4. The van der Waals surface area contributed by atoms with Gasteiger partial charge in [0.15, 0.2) is 0 Å². The number of hydrogen-bond acceptors (Lipinski definition) is 7. The molecule has 52 heavy (non-hydrogen) atoms. The second-order valence-corrected chi connectivity index (χ2v) is 14.6. The van der Waals surface area contributed by atoms with Crippen LogP contribution in [0.4, 0.5) is 50.9 Å². The molecule has 3 aromatic rings.